The Balaban J connectivity index is 2.64. The quantitative estimate of drug-likeness (QED) is 0.839. The van der Waals surface area contributed by atoms with Gasteiger partial charge in [0.2, 0.25) is 10.0 Å². The van der Waals surface area contributed by atoms with Crippen molar-refractivity contribution in [2.45, 2.75) is 59.0 Å². The normalized spacial score (nSPS) is 28.3. The summed E-state index contributed by atoms with van der Waals surface area (Å²) in [6.07, 6.45) is 2.25. The fraction of sp³-hybridized carbons (Fsp3) is 1.00. The second-order valence-corrected chi connectivity index (χ2v) is 8.41. The second-order valence-electron chi connectivity index (χ2n) is 6.37. The van der Waals surface area contributed by atoms with Crippen molar-refractivity contribution in [3.63, 3.8) is 0 Å². The zero-order valence-electron chi connectivity index (χ0n) is 11.4. The monoisotopic (exact) mass is 262 g/mol. The lowest BCUT2D eigenvalue weighted by atomic mass is 9.94. The summed E-state index contributed by atoms with van der Waals surface area (Å²) in [5, 5.41) is 0. The maximum Gasteiger partial charge on any atom is 0.214 e. The van der Waals surface area contributed by atoms with Crippen LogP contribution in [0.3, 0.4) is 0 Å². The summed E-state index contributed by atoms with van der Waals surface area (Å²) in [6.45, 7) is 8.73. The molecule has 17 heavy (non-hydrogen) atoms. The number of hydrogen-bond donors (Lipinski definition) is 1. The Morgan fingerprint density at radius 3 is 2.41 bits per heavy atom. The molecule has 0 spiro atoms. The van der Waals surface area contributed by atoms with Crippen molar-refractivity contribution in [1.29, 1.82) is 0 Å². The molecule has 1 rings (SSSR count). The first-order chi connectivity index (χ1) is 7.62. The molecule has 2 N–H and O–H groups in total. The van der Waals surface area contributed by atoms with Gasteiger partial charge in [0.25, 0.3) is 0 Å². The van der Waals surface area contributed by atoms with Gasteiger partial charge in [0.05, 0.1) is 5.75 Å². The van der Waals surface area contributed by atoms with Crippen molar-refractivity contribution in [2.75, 3.05) is 12.3 Å². The van der Waals surface area contributed by atoms with E-state index >= 15 is 0 Å². The Labute approximate surface area is 106 Å². The Hall–Kier alpha value is -0.130. The average molecular weight is 262 g/mol. The summed E-state index contributed by atoms with van der Waals surface area (Å²) in [5.74, 6) is 0.246. The van der Waals surface area contributed by atoms with Gasteiger partial charge in [0.15, 0.2) is 0 Å². The van der Waals surface area contributed by atoms with E-state index in [0.29, 0.717) is 13.0 Å². The highest BCUT2D eigenvalue weighted by atomic mass is 32.2. The van der Waals surface area contributed by atoms with E-state index in [-0.39, 0.29) is 23.3 Å². The lowest BCUT2D eigenvalue weighted by Gasteiger charge is -2.35. The van der Waals surface area contributed by atoms with Crippen molar-refractivity contribution in [2.24, 2.45) is 11.1 Å². The number of sulfonamides is 1. The number of nitrogens with zero attached hydrogens (tertiary/aromatic N) is 1. The van der Waals surface area contributed by atoms with Gasteiger partial charge < -0.3 is 5.73 Å². The molecule has 2 atom stereocenters. The molecule has 1 fully saturated rings. The minimum atomic E-state index is -3.11. The smallest absolute Gasteiger partial charge is 0.214 e. The van der Waals surface area contributed by atoms with Crippen molar-refractivity contribution in [1.82, 2.24) is 4.31 Å². The third-order valence-corrected chi connectivity index (χ3v) is 5.30. The lowest BCUT2D eigenvalue weighted by molar-refractivity contribution is 0.245. The molecule has 0 bridgehead atoms. The summed E-state index contributed by atoms with van der Waals surface area (Å²) in [5.41, 5.74) is 5.91. The Kier molecular flexibility index (Phi) is 4.60. The van der Waals surface area contributed by atoms with Crippen LogP contribution in [0.1, 0.15) is 47.0 Å². The molecule has 0 aromatic heterocycles. The summed E-state index contributed by atoms with van der Waals surface area (Å²) in [4.78, 5) is 0. The van der Waals surface area contributed by atoms with Gasteiger partial charge in [0.1, 0.15) is 0 Å². The van der Waals surface area contributed by atoms with Crippen LogP contribution in [0.15, 0.2) is 0 Å². The maximum atomic E-state index is 12.2. The predicted molar refractivity (Wildman–Crippen MR) is 71.2 cm³/mol. The zero-order valence-corrected chi connectivity index (χ0v) is 12.3. The van der Waals surface area contributed by atoms with Crippen LogP contribution in [0.5, 0.6) is 0 Å². The summed E-state index contributed by atoms with van der Waals surface area (Å²) < 4.78 is 26.1. The minimum absolute atomic E-state index is 0.0451. The van der Waals surface area contributed by atoms with E-state index in [9.17, 15) is 8.42 Å². The first-order valence-corrected chi connectivity index (χ1v) is 7.98. The molecule has 0 aliphatic carbocycles. The molecule has 1 aliphatic heterocycles. The SMILES string of the molecule is CC1CC(N)CCN1S(=O)(=O)CCC(C)(C)C. The molecule has 1 aliphatic rings. The van der Waals surface area contributed by atoms with E-state index in [2.05, 4.69) is 20.8 Å². The summed E-state index contributed by atoms with van der Waals surface area (Å²) in [6, 6.07) is 0.197. The van der Waals surface area contributed by atoms with Crippen molar-refractivity contribution < 1.29 is 8.42 Å². The molecule has 0 aromatic rings. The van der Waals surface area contributed by atoms with Gasteiger partial charge in [-0.25, -0.2) is 8.42 Å². The molecule has 0 radical (unpaired) electrons. The molecule has 0 saturated carbocycles. The van der Waals surface area contributed by atoms with Crippen LogP contribution in [0.4, 0.5) is 0 Å². The van der Waals surface area contributed by atoms with Crippen LogP contribution in [-0.2, 0) is 10.0 Å². The minimum Gasteiger partial charge on any atom is -0.328 e. The first kappa shape index (κ1) is 14.9. The van der Waals surface area contributed by atoms with E-state index in [1.807, 2.05) is 6.92 Å². The Bertz CT molecular complexity index is 346. The van der Waals surface area contributed by atoms with Crippen molar-refractivity contribution in [3.8, 4) is 0 Å². The van der Waals surface area contributed by atoms with E-state index in [4.69, 9.17) is 5.73 Å². The van der Waals surface area contributed by atoms with Gasteiger partial charge in [-0.05, 0) is 31.6 Å². The lowest BCUT2D eigenvalue weighted by Crippen LogP contribution is -2.49. The highest BCUT2D eigenvalue weighted by Gasteiger charge is 2.32. The van der Waals surface area contributed by atoms with Gasteiger partial charge in [0, 0.05) is 18.6 Å². The molecular weight excluding hydrogens is 236 g/mol. The van der Waals surface area contributed by atoms with Gasteiger partial charge in [-0.2, -0.15) is 4.31 Å². The fourth-order valence-corrected chi connectivity index (χ4v) is 4.28. The van der Waals surface area contributed by atoms with Crippen LogP contribution >= 0.6 is 0 Å². The first-order valence-electron chi connectivity index (χ1n) is 6.37. The zero-order chi connectivity index (χ0) is 13.3. The molecule has 1 heterocycles. The number of nitrogens with two attached hydrogens (primary N) is 1. The average Bonchev–Trinajstić information content (AvgIpc) is 2.13. The van der Waals surface area contributed by atoms with Crippen molar-refractivity contribution >= 4 is 10.0 Å². The van der Waals surface area contributed by atoms with Gasteiger partial charge in [-0.1, -0.05) is 20.8 Å². The highest BCUT2D eigenvalue weighted by Crippen LogP contribution is 2.24. The molecular formula is C12H26N2O2S. The van der Waals surface area contributed by atoms with Crippen LogP contribution in [0.2, 0.25) is 0 Å². The van der Waals surface area contributed by atoms with Crippen LogP contribution in [-0.4, -0.2) is 37.1 Å². The predicted octanol–water partition coefficient (Wildman–Crippen LogP) is 1.56. The van der Waals surface area contributed by atoms with Crippen LogP contribution in [0, 0.1) is 5.41 Å². The molecule has 4 nitrogen and oxygen atoms in total. The van der Waals surface area contributed by atoms with Crippen LogP contribution < -0.4 is 5.73 Å². The fourth-order valence-electron chi connectivity index (χ4n) is 2.15. The Morgan fingerprint density at radius 2 is 1.94 bits per heavy atom. The maximum absolute atomic E-state index is 12.2. The van der Waals surface area contributed by atoms with Gasteiger partial charge in [-0.15, -0.1) is 0 Å². The van der Waals surface area contributed by atoms with E-state index in [1.54, 1.807) is 4.31 Å². The molecule has 0 aromatic carbocycles. The van der Waals surface area contributed by atoms with Crippen LogP contribution in [0.25, 0.3) is 0 Å². The number of piperidine rings is 1. The summed E-state index contributed by atoms with van der Waals surface area (Å²) in [7, 11) is -3.11. The molecule has 1 saturated heterocycles. The molecule has 0 amide bonds. The standard InChI is InChI=1S/C12H26N2O2S/c1-10-9-11(13)5-7-14(10)17(15,16)8-6-12(2,3)4/h10-11H,5-9,13H2,1-4H3. The highest BCUT2D eigenvalue weighted by molar-refractivity contribution is 7.89. The van der Waals surface area contributed by atoms with E-state index in [1.165, 1.54) is 0 Å². The molecule has 102 valence electrons. The summed E-state index contributed by atoms with van der Waals surface area (Å²) >= 11 is 0. The van der Waals surface area contributed by atoms with E-state index in [0.717, 1.165) is 12.8 Å². The van der Waals surface area contributed by atoms with Gasteiger partial charge in [-0.3, -0.25) is 0 Å². The van der Waals surface area contributed by atoms with E-state index < -0.39 is 10.0 Å². The molecule has 2 unspecified atom stereocenters. The van der Waals surface area contributed by atoms with Crippen molar-refractivity contribution in [3.05, 3.63) is 0 Å². The Morgan fingerprint density at radius 1 is 1.35 bits per heavy atom. The molecule has 5 heteroatoms. The third kappa shape index (κ3) is 4.56. The third-order valence-electron chi connectivity index (χ3n) is 3.32. The largest absolute Gasteiger partial charge is 0.328 e. The number of rotatable bonds is 3. The van der Waals surface area contributed by atoms with Gasteiger partial charge >= 0.3 is 0 Å². The number of hydrogen-bond acceptors (Lipinski definition) is 3. The second kappa shape index (κ2) is 5.24. The topological polar surface area (TPSA) is 63.4 Å².